The molecular formula is C21H20ClN3O3S. The highest BCUT2D eigenvalue weighted by molar-refractivity contribution is 7.22. The summed E-state index contributed by atoms with van der Waals surface area (Å²) in [6.45, 7) is 5.88. The molecule has 2 aliphatic rings. The summed E-state index contributed by atoms with van der Waals surface area (Å²) in [5.74, 6) is 1.36. The van der Waals surface area contributed by atoms with Crippen LogP contribution in [0.15, 0.2) is 30.3 Å². The predicted octanol–water partition coefficient (Wildman–Crippen LogP) is 3.99. The molecule has 1 saturated heterocycles. The Morgan fingerprint density at radius 3 is 2.59 bits per heavy atom. The van der Waals surface area contributed by atoms with Crippen LogP contribution in [0.2, 0.25) is 5.02 Å². The van der Waals surface area contributed by atoms with Gasteiger partial charge in [-0.05, 0) is 36.8 Å². The third-order valence-corrected chi connectivity index (χ3v) is 6.89. The summed E-state index contributed by atoms with van der Waals surface area (Å²) in [5, 5.41) is 1.70. The monoisotopic (exact) mass is 429 g/mol. The van der Waals surface area contributed by atoms with Crippen molar-refractivity contribution in [2.45, 2.75) is 6.92 Å². The number of rotatable bonds is 2. The van der Waals surface area contributed by atoms with Crippen molar-refractivity contribution in [1.82, 2.24) is 9.88 Å². The molecule has 0 N–H and O–H groups in total. The molecule has 0 radical (unpaired) electrons. The lowest BCUT2D eigenvalue weighted by molar-refractivity contribution is 0.0745. The van der Waals surface area contributed by atoms with E-state index in [4.69, 9.17) is 26.1 Å². The molecule has 8 heteroatoms. The molecule has 2 aliphatic heterocycles. The summed E-state index contributed by atoms with van der Waals surface area (Å²) in [4.78, 5) is 21.9. The van der Waals surface area contributed by atoms with E-state index in [1.165, 1.54) is 0 Å². The molecule has 3 heterocycles. The highest BCUT2D eigenvalue weighted by Gasteiger charge is 2.25. The Morgan fingerprint density at radius 2 is 1.83 bits per heavy atom. The smallest absolute Gasteiger partial charge is 0.254 e. The summed E-state index contributed by atoms with van der Waals surface area (Å²) < 4.78 is 12.2. The van der Waals surface area contributed by atoms with E-state index in [2.05, 4.69) is 4.90 Å². The van der Waals surface area contributed by atoms with Crippen molar-refractivity contribution in [3.63, 3.8) is 0 Å². The first-order chi connectivity index (χ1) is 14.1. The van der Waals surface area contributed by atoms with Gasteiger partial charge in [0.1, 0.15) is 13.2 Å². The average Bonchev–Trinajstić information content (AvgIpc) is 3.23. The van der Waals surface area contributed by atoms with Crippen molar-refractivity contribution < 1.29 is 14.3 Å². The summed E-state index contributed by atoms with van der Waals surface area (Å²) in [7, 11) is 0. The number of aromatic nitrogens is 1. The molecule has 29 heavy (non-hydrogen) atoms. The largest absolute Gasteiger partial charge is 0.486 e. The molecule has 5 rings (SSSR count). The Kier molecular flexibility index (Phi) is 4.72. The number of halogens is 1. The van der Waals surface area contributed by atoms with Crippen LogP contribution in [0.3, 0.4) is 0 Å². The quantitative estimate of drug-likeness (QED) is 0.616. The van der Waals surface area contributed by atoms with E-state index in [1.54, 1.807) is 23.5 Å². The topological polar surface area (TPSA) is 54.9 Å². The number of anilines is 1. The standard InChI is InChI=1S/C21H20ClN3O3S/c1-13-2-4-15(22)19-18(13)23-21(29-19)25-8-6-24(7-9-25)20(26)14-3-5-16-17(12-14)28-11-10-27-16/h2-5,12H,6-11H2,1H3. The van der Waals surface area contributed by atoms with Gasteiger partial charge in [-0.25, -0.2) is 4.98 Å². The van der Waals surface area contributed by atoms with Gasteiger partial charge in [0, 0.05) is 31.7 Å². The summed E-state index contributed by atoms with van der Waals surface area (Å²) in [5.41, 5.74) is 2.72. The number of fused-ring (bicyclic) bond motifs is 2. The Morgan fingerprint density at radius 1 is 1.07 bits per heavy atom. The van der Waals surface area contributed by atoms with Crippen LogP contribution in [-0.2, 0) is 0 Å². The first kappa shape index (κ1) is 18.5. The zero-order valence-electron chi connectivity index (χ0n) is 16.0. The van der Waals surface area contributed by atoms with Crippen LogP contribution in [0, 0.1) is 6.92 Å². The van der Waals surface area contributed by atoms with Crippen molar-refractivity contribution >= 4 is 44.2 Å². The minimum Gasteiger partial charge on any atom is -0.486 e. The highest BCUT2D eigenvalue weighted by Crippen LogP contribution is 2.36. The van der Waals surface area contributed by atoms with E-state index in [9.17, 15) is 4.79 Å². The van der Waals surface area contributed by atoms with Crippen LogP contribution < -0.4 is 14.4 Å². The fraction of sp³-hybridized carbons (Fsp3) is 0.333. The van der Waals surface area contributed by atoms with Gasteiger partial charge in [0.25, 0.3) is 5.91 Å². The Labute approximate surface area is 177 Å². The summed E-state index contributed by atoms with van der Waals surface area (Å²) >= 11 is 7.96. The zero-order valence-corrected chi connectivity index (χ0v) is 17.6. The van der Waals surface area contributed by atoms with E-state index in [-0.39, 0.29) is 5.91 Å². The molecule has 0 bridgehead atoms. The van der Waals surface area contributed by atoms with E-state index in [0.29, 0.717) is 43.4 Å². The van der Waals surface area contributed by atoms with Crippen LogP contribution in [0.1, 0.15) is 15.9 Å². The number of nitrogens with zero attached hydrogens (tertiary/aromatic N) is 3. The molecule has 150 valence electrons. The fourth-order valence-corrected chi connectivity index (χ4v) is 5.05. The number of amides is 1. The van der Waals surface area contributed by atoms with E-state index >= 15 is 0 Å². The Hall–Kier alpha value is -2.51. The first-order valence-electron chi connectivity index (χ1n) is 9.60. The normalized spacial score (nSPS) is 16.3. The number of carbonyl (C=O) groups is 1. The van der Waals surface area contributed by atoms with Gasteiger partial charge in [-0.1, -0.05) is 29.0 Å². The number of hydrogen-bond acceptors (Lipinski definition) is 6. The second kappa shape index (κ2) is 7.39. The second-order valence-electron chi connectivity index (χ2n) is 7.18. The van der Waals surface area contributed by atoms with E-state index in [0.717, 1.165) is 39.0 Å². The van der Waals surface area contributed by atoms with Crippen molar-refractivity contribution in [3.05, 3.63) is 46.5 Å². The van der Waals surface area contributed by atoms with Crippen LogP contribution >= 0.6 is 22.9 Å². The van der Waals surface area contributed by atoms with Gasteiger partial charge in [-0.3, -0.25) is 4.79 Å². The summed E-state index contributed by atoms with van der Waals surface area (Å²) in [6, 6.07) is 9.32. The lowest BCUT2D eigenvalue weighted by Crippen LogP contribution is -2.48. The lowest BCUT2D eigenvalue weighted by Gasteiger charge is -2.34. The van der Waals surface area contributed by atoms with Gasteiger partial charge in [-0.15, -0.1) is 0 Å². The molecule has 2 aromatic carbocycles. The van der Waals surface area contributed by atoms with Gasteiger partial charge in [0.15, 0.2) is 16.6 Å². The number of aryl methyl sites for hydroxylation is 1. The third-order valence-electron chi connectivity index (χ3n) is 5.31. The molecule has 0 atom stereocenters. The maximum Gasteiger partial charge on any atom is 0.254 e. The van der Waals surface area contributed by atoms with Crippen LogP contribution in [0.5, 0.6) is 11.5 Å². The van der Waals surface area contributed by atoms with Crippen LogP contribution in [0.25, 0.3) is 10.2 Å². The van der Waals surface area contributed by atoms with Crippen molar-refractivity contribution in [1.29, 1.82) is 0 Å². The third kappa shape index (κ3) is 3.38. The van der Waals surface area contributed by atoms with E-state index < -0.39 is 0 Å². The molecule has 0 aliphatic carbocycles. The predicted molar refractivity (Wildman–Crippen MR) is 115 cm³/mol. The van der Waals surface area contributed by atoms with Gasteiger partial charge < -0.3 is 19.3 Å². The maximum atomic E-state index is 12.9. The maximum absolute atomic E-state index is 12.9. The average molecular weight is 430 g/mol. The van der Waals surface area contributed by atoms with Crippen molar-refractivity contribution in [3.8, 4) is 11.5 Å². The summed E-state index contributed by atoms with van der Waals surface area (Å²) in [6.07, 6.45) is 0. The lowest BCUT2D eigenvalue weighted by atomic mass is 10.1. The SMILES string of the molecule is Cc1ccc(Cl)c2sc(N3CCN(C(=O)c4ccc5c(c4)OCCO5)CC3)nc12. The van der Waals surface area contributed by atoms with Gasteiger partial charge in [0.2, 0.25) is 0 Å². The molecule has 6 nitrogen and oxygen atoms in total. The molecule has 0 unspecified atom stereocenters. The number of hydrogen-bond donors (Lipinski definition) is 0. The van der Waals surface area contributed by atoms with Gasteiger partial charge in [-0.2, -0.15) is 0 Å². The zero-order chi connectivity index (χ0) is 20.0. The van der Waals surface area contributed by atoms with Crippen LogP contribution in [0.4, 0.5) is 5.13 Å². The minimum atomic E-state index is 0.0183. The fourth-order valence-electron chi connectivity index (χ4n) is 3.69. The number of carbonyl (C=O) groups excluding carboxylic acids is 1. The highest BCUT2D eigenvalue weighted by atomic mass is 35.5. The molecule has 1 fully saturated rings. The first-order valence-corrected chi connectivity index (χ1v) is 10.8. The van der Waals surface area contributed by atoms with Gasteiger partial charge in [0.05, 0.1) is 15.2 Å². The second-order valence-corrected chi connectivity index (χ2v) is 8.56. The number of thiazole rings is 1. The molecule has 1 amide bonds. The van der Waals surface area contributed by atoms with E-state index in [1.807, 2.05) is 30.0 Å². The number of benzene rings is 2. The molecule has 1 aromatic heterocycles. The Balaban J connectivity index is 1.30. The number of ether oxygens (including phenoxy) is 2. The van der Waals surface area contributed by atoms with Crippen LogP contribution in [-0.4, -0.2) is 55.2 Å². The van der Waals surface area contributed by atoms with Gasteiger partial charge >= 0.3 is 0 Å². The number of piperazine rings is 1. The molecule has 0 spiro atoms. The molecule has 0 saturated carbocycles. The Bertz CT molecular complexity index is 1050. The van der Waals surface area contributed by atoms with Crippen molar-refractivity contribution in [2.75, 3.05) is 44.3 Å². The van der Waals surface area contributed by atoms with Crippen molar-refractivity contribution in [2.24, 2.45) is 0 Å². The minimum absolute atomic E-state index is 0.0183. The molecular weight excluding hydrogens is 410 g/mol. The molecule has 3 aromatic rings.